The molecule has 0 aliphatic rings. The van der Waals surface area contributed by atoms with Crippen molar-refractivity contribution in [3.05, 3.63) is 65.0 Å². The van der Waals surface area contributed by atoms with E-state index in [4.69, 9.17) is 16.0 Å². The van der Waals surface area contributed by atoms with Crippen LogP contribution >= 0.6 is 23.4 Å². The summed E-state index contributed by atoms with van der Waals surface area (Å²) in [7, 11) is 0. The Balaban J connectivity index is 1.42. The summed E-state index contributed by atoms with van der Waals surface area (Å²) in [5.41, 5.74) is 3.02. The molecule has 0 spiro atoms. The molecule has 27 heavy (non-hydrogen) atoms. The number of aromatic nitrogens is 5. The molecule has 0 saturated heterocycles. The van der Waals surface area contributed by atoms with Crippen molar-refractivity contribution in [3.8, 4) is 22.8 Å². The van der Waals surface area contributed by atoms with Gasteiger partial charge in [0, 0.05) is 5.56 Å². The highest BCUT2D eigenvalue weighted by Crippen LogP contribution is 2.28. The van der Waals surface area contributed by atoms with E-state index in [0.29, 0.717) is 27.7 Å². The van der Waals surface area contributed by atoms with E-state index in [2.05, 4.69) is 44.4 Å². The van der Waals surface area contributed by atoms with Crippen LogP contribution in [-0.4, -0.2) is 25.4 Å². The van der Waals surface area contributed by atoms with Crippen LogP contribution < -0.4 is 0 Å². The van der Waals surface area contributed by atoms with Crippen molar-refractivity contribution >= 4 is 23.4 Å². The van der Waals surface area contributed by atoms with Crippen molar-refractivity contribution in [2.45, 2.75) is 24.3 Å². The largest absolute Gasteiger partial charge is 0.420 e. The SMILES string of the molecule is CCc1ccc(-c2nc(SCc3nnc(-c4ccccc4Cl)o3)n[nH]2)cc1. The van der Waals surface area contributed by atoms with Gasteiger partial charge in [-0.15, -0.1) is 15.3 Å². The molecule has 8 heteroatoms. The van der Waals surface area contributed by atoms with E-state index in [-0.39, 0.29) is 0 Å². The van der Waals surface area contributed by atoms with E-state index in [1.54, 1.807) is 6.07 Å². The predicted octanol–water partition coefficient (Wildman–Crippen LogP) is 5.03. The average molecular weight is 398 g/mol. The third kappa shape index (κ3) is 4.04. The summed E-state index contributed by atoms with van der Waals surface area (Å²) in [6, 6.07) is 15.6. The van der Waals surface area contributed by atoms with Gasteiger partial charge in [0.1, 0.15) is 0 Å². The van der Waals surface area contributed by atoms with Crippen LogP contribution in [0.4, 0.5) is 0 Å². The van der Waals surface area contributed by atoms with Crippen LogP contribution in [0.2, 0.25) is 5.02 Å². The molecule has 0 amide bonds. The number of aryl methyl sites for hydroxylation is 1. The van der Waals surface area contributed by atoms with Gasteiger partial charge in [0.2, 0.25) is 16.9 Å². The number of benzene rings is 2. The molecule has 0 bridgehead atoms. The molecule has 136 valence electrons. The molecule has 6 nitrogen and oxygen atoms in total. The Morgan fingerprint density at radius 2 is 1.89 bits per heavy atom. The van der Waals surface area contributed by atoms with E-state index in [0.717, 1.165) is 23.4 Å². The Kier molecular flexibility index (Phi) is 5.22. The predicted molar refractivity (Wildman–Crippen MR) is 106 cm³/mol. The van der Waals surface area contributed by atoms with Crippen molar-refractivity contribution < 1.29 is 4.42 Å². The molecule has 0 saturated carbocycles. The standard InChI is InChI=1S/C19H16ClN5OS/c1-2-12-7-9-13(10-8-12)17-21-19(25-23-17)27-11-16-22-24-18(26-16)14-5-3-4-6-15(14)20/h3-10H,2,11H2,1H3,(H,21,23,25). The maximum Gasteiger partial charge on any atom is 0.249 e. The lowest BCUT2D eigenvalue weighted by Gasteiger charge is -1.98. The first-order valence-corrected chi connectivity index (χ1v) is 9.81. The van der Waals surface area contributed by atoms with Gasteiger partial charge in [0.05, 0.1) is 16.3 Å². The van der Waals surface area contributed by atoms with E-state index in [1.165, 1.54) is 17.3 Å². The highest BCUT2D eigenvalue weighted by Gasteiger charge is 2.13. The molecular formula is C19H16ClN5OS. The molecule has 2 heterocycles. The summed E-state index contributed by atoms with van der Waals surface area (Å²) >= 11 is 7.59. The number of halogens is 1. The zero-order chi connectivity index (χ0) is 18.6. The lowest BCUT2D eigenvalue weighted by atomic mass is 10.1. The molecule has 0 aliphatic carbocycles. The summed E-state index contributed by atoms with van der Waals surface area (Å²) in [6.45, 7) is 2.13. The second-order valence-electron chi connectivity index (χ2n) is 5.79. The van der Waals surface area contributed by atoms with Gasteiger partial charge in [0.15, 0.2) is 5.82 Å². The van der Waals surface area contributed by atoms with Gasteiger partial charge < -0.3 is 4.42 Å². The minimum atomic E-state index is 0.405. The maximum atomic E-state index is 6.16. The summed E-state index contributed by atoms with van der Waals surface area (Å²) in [6.07, 6.45) is 1.01. The average Bonchev–Trinajstić information content (AvgIpc) is 3.36. The second kappa shape index (κ2) is 7.94. The topological polar surface area (TPSA) is 80.5 Å². The molecule has 4 aromatic rings. The molecule has 0 aliphatic heterocycles. The third-order valence-corrected chi connectivity index (χ3v) is 5.16. The van der Waals surface area contributed by atoms with E-state index >= 15 is 0 Å². The highest BCUT2D eigenvalue weighted by molar-refractivity contribution is 7.98. The van der Waals surface area contributed by atoms with Crippen molar-refractivity contribution in [2.75, 3.05) is 0 Å². The van der Waals surface area contributed by atoms with E-state index in [1.807, 2.05) is 30.3 Å². The van der Waals surface area contributed by atoms with Crippen LogP contribution in [0.15, 0.2) is 58.1 Å². The van der Waals surface area contributed by atoms with Crippen molar-refractivity contribution in [3.63, 3.8) is 0 Å². The highest BCUT2D eigenvalue weighted by atomic mass is 35.5. The number of aromatic amines is 1. The lowest BCUT2D eigenvalue weighted by molar-refractivity contribution is 0.528. The van der Waals surface area contributed by atoms with E-state index < -0.39 is 0 Å². The second-order valence-corrected chi connectivity index (χ2v) is 7.14. The fourth-order valence-corrected chi connectivity index (χ4v) is 3.37. The number of rotatable bonds is 6. The van der Waals surface area contributed by atoms with Crippen LogP contribution in [0.25, 0.3) is 22.8 Å². The van der Waals surface area contributed by atoms with Gasteiger partial charge in [-0.2, -0.15) is 0 Å². The van der Waals surface area contributed by atoms with E-state index in [9.17, 15) is 0 Å². The Bertz CT molecular complexity index is 1040. The Hall–Kier alpha value is -2.64. The number of nitrogens with one attached hydrogen (secondary N) is 1. The fourth-order valence-electron chi connectivity index (χ4n) is 2.52. The van der Waals surface area contributed by atoms with Crippen LogP contribution in [0.3, 0.4) is 0 Å². The molecule has 0 radical (unpaired) electrons. The van der Waals surface area contributed by atoms with Gasteiger partial charge in [-0.05, 0) is 24.1 Å². The maximum absolute atomic E-state index is 6.16. The molecule has 4 rings (SSSR count). The van der Waals surface area contributed by atoms with Crippen LogP contribution in [0.5, 0.6) is 0 Å². The molecule has 2 aromatic heterocycles. The number of hydrogen-bond acceptors (Lipinski definition) is 6. The molecule has 0 fully saturated rings. The molecule has 1 N–H and O–H groups in total. The summed E-state index contributed by atoms with van der Waals surface area (Å²) in [4.78, 5) is 4.52. The summed E-state index contributed by atoms with van der Waals surface area (Å²) < 4.78 is 5.70. The van der Waals surface area contributed by atoms with Crippen molar-refractivity contribution in [2.24, 2.45) is 0 Å². The van der Waals surface area contributed by atoms with Gasteiger partial charge in [-0.25, -0.2) is 4.98 Å². The number of nitrogens with zero attached hydrogens (tertiary/aromatic N) is 4. The summed E-state index contributed by atoms with van der Waals surface area (Å²) in [5.74, 6) is 2.11. The van der Waals surface area contributed by atoms with Crippen molar-refractivity contribution in [1.29, 1.82) is 0 Å². The van der Waals surface area contributed by atoms with Gasteiger partial charge in [-0.1, -0.05) is 66.7 Å². The Morgan fingerprint density at radius 1 is 1.07 bits per heavy atom. The third-order valence-electron chi connectivity index (χ3n) is 4.00. The minimum absolute atomic E-state index is 0.405. The lowest BCUT2D eigenvalue weighted by Crippen LogP contribution is -1.84. The van der Waals surface area contributed by atoms with Crippen LogP contribution in [0, 0.1) is 0 Å². The molecular weight excluding hydrogens is 382 g/mol. The molecule has 0 unspecified atom stereocenters. The monoisotopic (exact) mass is 397 g/mol. The zero-order valence-electron chi connectivity index (χ0n) is 14.5. The molecule has 0 atom stereocenters. The first kappa shape index (κ1) is 17.8. The van der Waals surface area contributed by atoms with Gasteiger partial charge in [0.25, 0.3) is 0 Å². The van der Waals surface area contributed by atoms with Crippen LogP contribution in [-0.2, 0) is 12.2 Å². The number of H-pyrrole nitrogens is 1. The quantitative estimate of drug-likeness (QED) is 0.459. The fraction of sp³-hybridized carbons (Fsp3) is 0.158. The van der Waals surface area contributed by atoms with Crippen molar-refractivity contribution in [1.82, 2.24) is 25.4 Å². The minimum Gasteiger partial charge on any atom is -0.420 e. The normalized spacial score (nSPS) is 11.0. The Labute approximate surface area is 165 Å². The zero-order valence-corrected chi connectivity index (χ0v) is 16.1. The summed E-state index contributed by atoms with van der Waals surface area (Å²) in [5, 5.41) is 16.6. The van der Waals surface area contributed by atoms with Gasteiger partial charge in [-0.3, -0.25) is 5.10 Å². The van der Waals surface area contributed by atoms with Gasteiger partial charge >= 0.3 is 0 Å². The first-order valence-electron chi connectivity index (χ1n) is 8.44. The molecule has 2 aromatic carbocycles. The number of thioether (sulfide) groups is 1. The van der Waals surface area contributed by atoms with Crippen LogP contribution in [0.1, 0.15) is 18.4 Å². The smallest absolute Gasteiger partial charge is 0.249 e. The Morgan fingerprint density at radius 3 is 2.67 bits per heavy atom. The first-order chi connectivity index (χ1) is 13.2. The number of hydrogen-bond donors (Lipinski definition) is 1.